The van der Waals surface area contributed by atoms with Gasteiger partial charge in [-0.05, 0) is 50.4 Å². The molecule has 8 amide bonds. The molecule has 0 aliphatic carbocycles. The van der Waals surface area contributed by atoms with Crippen LogP contribution in [-0.2, 0) is 38.4 Å². The fraction of sp³-hybridized carbons (Fsp3) is 0.686. The van der Waals surface area contributed by atoms with Crippen molar-refractivity contribution in [3.63, 3.8) is 0 Å². The van der Waals surface area contributed by atoms with Crippen molar-refractivity contribution < 1.29 is 57.8 Å². The van der Waals surface area contributed by atoms with E-state index in [0.29, 0.717) is 43.4 Å². The summed E-state index contributed by atoms with van der Waals surface area (Å²) in [5.41, 5.74) is 0.0168. The van der Waals surface area contributed by atoms with Gasteiger partial charge >= 0.3 is 12.0 Å². The number of carbonyl (C=O) groups is 9. The number of allylic oxidation sites excluding steroid dienone is 1. The molecule has 56 heavy (non-hydrogen) atoms. The van der Waals surface area contributed by atoms with Gasteiger partial charge in [0.15, 0.2) is 12.5 Å². The average Bonchev–Trinajstić information content (AvgIpc) is 3.83. The fourth-order valence-corrected chi connectivity index (χ4v) is 6.82. The zero-order chi connectivity index (χ0) is 41.9. The molecule has 0 aromatic heterocycles. The Hall–Kier alpha value is -5.18. The molecule has 0 aromatic rings. The number of halogens is 1. The first-order valence-electron chi connectivity index (χ1n) is 18.6. The summed E-state index contributed by atoms with van der Waals surface area (Å²) in [5.74, 6) is -6.26. The molecule has 8 N–H and O–H groups in total. The number of aliphatic hydroxyl groups excluding tert-OH is 1. The van der Waals surface area contributed by atoms with Crippen molar-refractivity contribution in [1.82, 2.24) is 46.6 Å². The zero-order valence-corrected chi connectivity index (χ0v) is 32.0. The van der Waals surface area contributed by atoms with Gasteiger partial charge < -0.3 is 41.3 Å². The van der Waals surface area contributed by atoms with Gasteiger partial charge in [0, 0.05) is 13.1 Å². The van der Waals surface area contributed by atoms with E-state index in [1.54, 1.807) is 19.2 Å². The number of aliphatic hydroxyl groups is 1. The molecule has 7 atom stereocenters. The lowest BCUT2D eigenvalue weighted by Gasteiger charge is -2.35. The van der Waals surface area contributed by atoms with Gasteiger partial charge in [0.25, 0.3) is 5.91 Å². The number of nitrogens with zero attached hydrogens (tertiary/aromatic N) is 3. The normalized spacial score (nSPS) is 21.9. The Labute approximate surface area is 323 Å². The van der Waals surface area contributed by atoms with Crippen molar-refractivity contribution in [2.75, 3.05) is 32.7 Å². The zero-order valence-electron chi connectivity index (χ0n) is 32.0. The molecule has 0 saturated carbocycles. The first-order chi connectivity index (χ1) is 26.3. The van der Waals surface area contributed by atoms with Crippen LogP contribution in [0, 0.1) is 11.8 Å². The van der Waals surface area contributed by atoms with Crippen LogP contribution in [0.25, 0.3) is 0 Å². The van der Waals surface area contributed by atoms with Crippen molar-refractivity contribution in [1.29, 1.82) is 0 Å². The number of carboxylic acid groups (broad SMARTS) is 1. The van der Waals surface area contributed by atoms with E-state index in [1.165, 1.54) is 9.80 Å². The maximum Gasteiger partial charge on any atom is 0.347 e. The number of alkyl halides is 1. The molecule has 20 nitrogen and oxygen atoms in total. The number of imide groups is 1. The number of aliphatic carboxylic acids is 1. The van der Waals surface area contributed by atoms with Crippen LogP contribution in [-0.4, -0.2) is 154 Å². The molecule has 3 fully saturated rings. The number of carbonyl (C=O) groups excluding carboxylic acids is 8. The van der Waals surface area contributed by atoms with Gasteiger partial charge in [-0.1, -0.05) is 34.3 Å². The standard InChI is InChI=1S/C35H54FN9O11/c1-18(2)12-22(39-32(52)24-8-6-10-43(24)26(47)14-37-20(5)17-46)30(50)38-15-27(48)44-11-7-9-25(44)33(53)40-23(13-19(3)4)31(51)41-28(34(54)55)45-16-21(36)29(49)42-35(45)56/h17-19,21-25,28,33,37,40,53H,5-16H2,1-4H3,(H,38,50)(H,39,52)(H,41,51)(H,54,55)(H,42,49,56). The second-order valence-electron chi connectivity index (χ2n) is 14.9. The van der Waals surface area contributed by atoms with Crippen LogP contribution in [0.5, 0.6) is 0 Å². The summed E-state index contributed by atoms with van der Waals surface area (Å²) in [4.78, 5) is 116. The number of hydrogen-bond acceptors (Lipinski definition) is 12. The van der Waals surface area contributed by atoms with Crippen molar-refractivity contribution in [2.45, 2.75) is 109 Å². The summed E-state index contributed by atoms with van der Waals surface area (Å²) in [6.45, 7) is 9.57. The number of urea groups is 1. The van der Waals surface area contributed by atoms with Gasteiger partial charge in [-0.15, -0.1) is 0 Å². The highest BCUT2D eigenvalue weighted by atomic mass is 19.1. The van der Waals surface area contributed by atoms with Crippen LogP contribution >= 0.6 is 0 Å². The Balaban J connectivity index is 1.63. The minimum absolute atomic E-state index is 0.0168. The van der Waals surface area contributed by atoms with Gasteiger partial charge in [0.1, 0.15) is 18.3 Å². The number of likely N-dealkylation sites (tertiary alicyclic amines) is 2. The molecular formula is C35H54FN9O11. The topological polar surface area (TPSA) is 276 Å². The lowest BCUT2D eigenvalue weighted by atomic mass is 10.0. The average molecular weight is 796 g/mol. The summed E-state index contributed by atoms with van der Waals surface area (Å²) >= 11 is 0. The SMILES string of the molecule is C=C(C=O)NCC(=O)N1CCCC1C(=O)NC(CC(C)C)C(=O)NCC(=O)N1CCCC1C(O)NC(CC(C)C)C(=O)NC(C(=O)O)N1CC(F)C(=O)NC1=O. The molecule has 3 rings (SSSR count). The van der Waals surface area contributed by atoms with E-state index in [1.807, 2.05) is 13.8 Å². The minimum Gasteiger partial charge on any atom is -0.478 e. The largest absolute Gasteiger partial charge is 0.478 e. The number of hydrogen-bond donors (Lipinski definition) is 8. The van der Waals surface area contributed by atoms with Crippen molar-refractivity contribution in [3.8, 4) is 0 Å². The van der Waals surface area contributed by atoms with Crippen LogP contribution in [0.3, 0.4) is 0 Å². The number of nitrogens with one attached hydrogen (secondary N) is 6. The van der Waals surface area contributed by atoms with Crippen molar-refractivity contribution in [3.05, 3.63) is 12.3 Å². The molecule has 0 radical (unpaired) electrons. The minimum atomic E-state index is -2.22. The van der Waals surface area contributed by atoms with E-state index >= 15 is 0 Å². The van der Waals surface area contributed by atoms with Crippen molar-refractivity contribution in [2.24, 2.45) is 11.8 Å². The third-order valence-corrected chi connectivity index (χ3v) is 9.58. The maximum absolute atomic E-state index is 14.1. The first kappa shape index (κ1) is 45.2. The number of amides is 8. The molecule has 312 valence electrons. The molecule has 7 unspecified atom stereocenters. The number of aldehydes is 1. The maximum atomic E-state index is 14.1. The fourth-order valence-electron chi connectivity index (χ4n) is 6.82. The molecule has 0 aromatic carbocycles. The van der Waals surface area contributed by atoms with E-state index < -0.39 is 103 Å². The Morgan fingerprint density at radius 2 is 1.48 bits per heavy atom. The predicted molar refractivity (Wildman–Crippen MR) is 194 cm³/mol. The van der Waals surface area contributed by atoms with Crippen LogP contribution < -0.4 is 31.9 Å². The van der Waals surface area contributed by atoms with Gasteiger partial charge in [0.05, 0.1) is 37.4 Å². The monoisotopic (exact) mass is 795 g/mol. The van der Waals surface area contributed by atoms with Gasteiger partial charge in [-0.3, -0.25) is 49.1 Å². The molecule has 0 spiro atoms. The van der Waals surface area contributed by atoms with Crippen molar-refractivity contribution >= 4 is 53.7 Å². The second-order valence-corrected chi connectivity index (χ2v) is 14.9. The highest BCUT2D eigenvalue weighted by molar-refractivity contribution is 6.01. The van der Waals surface area contributed by atoms with E-state index in [-0.39, 0.29) is 43.5 Å². The van der Waals surface area contributed by atoms with Crippen LogP contribution in [0.1, 0.15) is 66.2 Å². The summed E-state index contributed by atoms with van der Waals surface area (Å²) < 4.78 is 14.1. The Kier molecular flexibility index (Phi) is 16.7. The molecule has 3 aliphatic heterocycles. The Morgan fingerprint density at radius 1 is 0.893 bits per heavy atom. The summed E-state index contributed by atoms with van der Waals surface area (Å²) in [5, 5.41) is 35.5. The van der Waals surface area contributed by atoms with E-state index in [0.717, 1.165) is 0 Å². The molecule has 3 heterocycles. The number of rotatable bonds is 20. The molecule has 3 aliphatic rings. The quantitative estimate of drug-likeness (QED) is 0.0365. The molecule has 3 saturated heterocycles. The highest BCUT2D eigenvalue weighted by Crippen LogP contribution is 2.22. The molecule has 0 bridgehead atoms. The summed E-state index contributed by atoms with van der Waals surface area (Å²) in [7, 11) is 0. The highest BCUT2D eigenvalue weighted by Gasteiger charge is 2.42. The Morgan fingerprint density at radius 3 is 2.11 bits per heavy atom. The molecule has 21 heteroatoms. The van der Waals surface area contributed by atoms with Crippen LogP contribution in [0.15, 0.2) is 12.3 Å². The first-order valence-corrected chi connectivity index (χ1v) is 18.6. The lowest BCUT2D eigenvalue weighted by Crippen LogP contribution is -2.66. The third kappa shape index (κ3) is 12.4. The van der Waals surface area contributed by atoms with E-state index in [4.69, 9.17) is 0 Å². The van der Waals surface area contributed by atoms with Gasteiger partial charge in [-0.2, -0.15) is 0 Å². The summed E-state index contributed by atoms with van der Waals surface area (Å²) in [6, 6.07) is -5.20. The van der Waals surface area contributed by atoms with Crippen LogP contribution in [0.2, 0.25) is 0 Å². The second kappa shape index (κ2) is 20.7. The van der Waals surface area contributed by atoms with E-state index in [9.17, 15) is 57.8 Å². The van der Waals surface area contributed by atoms with Crippen LogP contribution in [0.4, 0.5) is 9.18 Å². The predicted octanol–water partition coefficient (Wildman–Crippen LogP) is -2.34. The third-order valence-electron chi connectivity index (χ3n) is 9.58. The molecular weight excluding hydrogens is 741 g/mol. The lowest BCUT2D eigenvalue weighted by molar-refractivity contribution is -0.148. The Bertz CT molecular complexity index is 1530. The summed E-state index contributed by atoms with van der Waals surface area (Å²) in [6.07, 6.45) is -3.31. The smallest absolute Gasteiger partial charge is 0.347 e. The number of carboxylic acids is 1. The van der Waals surface area contributed by atoms with Gasteiger partial charge in [-0.25, -0.2) is 14.0 Å². The van der Waals surface area contributed by atoms with Gasteiger partial charge in [0.2, 0.25) is 35.7 Å². The van der Waals surface area contributed by atoms with E-state index in [2.05, 4.69) is 33.2 Å².